The molecular weight excluding hydrogens is 410 g/mol. The molecule has 0 spiro atoms. The van der Waals surface area contributed by atoms with Crippen LogP contribution < -0.4 is 10.2 Å². The number of amides is 1. The Hall–Kier alpha value is -3.28. The van der Waals surface area contributed by atoms with Gasteiger partial charge in [0.2, 0.25) is 11.9 Å². The van der Waals surface area contributed by atoms with Crippen LogP contribution in [0, 0.1) is 12.8 Å². The summed E-state index contributed by atoms with van der Waals surface area (Å²) < 4.78 is 0. The lowest BCUT2D eigenvalue weighted by Gasteiger charge is -2.30. The fourth-order valence-corrected chi connectivity index (χ4v) is 4.52. The predicted molar refractivity (Wildman–Crippen MR) is 132 cm³/mol. The van der Waals surface area contributed by atoms with Crippen molar-refractivity contribution in [1.29, 1.82) is 0 Å². The average Bonchev–Trinajstić information content (AvgIpc) is 2.84. The van der Waals surface area contributed by atoms with Crippen molar-refractivity contribution < 1.29 is 4.79 Å². The number of anilines is 1. The summed E-state index contributed by atoms with van der Waals surface area (Å²) >= 11 is 0. The van der Waals surface area contributed by atoms with Crippen LogP contribution in [0.1, 0.15) is 48.4 Å². The van der Waals surface area contributed by atoms with Gasteiger partial charge in [-0.05, 0) is 61.8 Å². The van der Waals surface area contributed by atoms with Crippen molar-refractivity contribution in [3.63, 3.8) is 0 Å². The Morgan fingerprint density at radius 3 is 2.39 bits per heavy atom. The van der Waals surface area contributed by atoms with E-state index in [1.807, 2.05) is 61.9 Å². The van der Waals surface area contributed by atoms with Gasteiger partial charge in [0, 0.05) is 50.7 Å². The first-order valence-corrected chi connectivity index (χ1v) is 11.8. The number of rotatable bonds is 7. The Morgan fingerprint density at radius 2 is 1.73 bits per heavy atom. The lowest BCUT2D eigenvalue weighted by molar-refractivity contribution is -0.120. The fraction of sp³-hybridized carbons (Fsp3) is 0.407. The molecule has 4 rings (SSSR count). The summed E-state index contributed by atoms with van der Waals surface area (Å²) in [6, 6.07) is 12.2. The minimum atomic E-state index is 0.104. The number of nitrogens with one attached hydrogen (secondary N) is 1. The number of hydrogen-bond donors (Lipinski definition) is 1. The van der Waals surface area contributed by atoms with Gasteiger partial charge in [0.25, 0.3) is 0 Å². The zero-order chi connectivity index (χ0) is 23.2. The van der Waals surface area contributed by atoms with E-state index in [9.17, 15) is 4.79 Å². The molecule has 172 valence electrons. The van der Waals surface area contributed by atoms with Crippen LogP contribution in [-0.4, -0.2) is 41.5 Å². The summed E-state index contributed by atoms with van der Waals surface area (Å²) in [5.41, 5.74) is 5.60. The molecule has 6 heteroatoms. The van der Waals surface area contributed by atoms with Gasteiger partial charge in [-0.15, -0.1) is 0 Å². The second-order valence-electron chi connectivity index (χ2n) is 9.28. The zero-order valence-electron chi connectivity index (χ0n) is 19.8. The van der Waals surface area contributed by atoms with Crippen molar-refractivity contribution in [3.05, 3.63) is 71.8 Å². The molecule has 1 aliphatic rings. The highest BCUT2D eigenvalue weighted by Crippen LogP contribution is 2.39. The largest absolute Gasteiger partial charge is 0.356 e. The van der Waals surface area contributed by atoms with E-state index in [0.29, 0.717) is 18.3 Å². The number of pyridine rings is 1. The number of hydrogen-bond acceptors (Lipinski definition) is 5. The molecule has 0 unspecified atom stereocenters. The minimum Gasteiger partial charge on any atom is -0.356 e. The second kappa shape index (κ2) is 10.6. The molecule has 0 aliphatic heterocycles. The van der Waals surface area contributed by atoms with E-state index in [4.69, 9.17) is 4.98 Å². The molecule has 33 heavy (non-hydrogen) atoms. The Balaban J connectivity index is 1.37. The van der Waals surface area contributed by atoms with E-state index in [0.717, 1.165) is 60.6 Å². The van der Waals surface area contributed by atoms with E-state index < -0.39 is 0 Å². The van der Waals surface area contributed by atoms with Crippen LogP contribution in [0.3, 0.4) is 0 Å². The number of aryl methyl sites for hydroxylation is 1. The summed E-state index contributed by atoms with van der Waals surface area (Å²) in [6.45, 7) is 2.81. The summed E-state index contributed by atoms with van der Waals surface area (Å²) in [6.07, 6.45) is 10.3. The SMILES string of the molecule is Cc1ccc(CC(=O)NCC2CCC(c3nc(N(C)C)ncc3-c3ccncc3)CC2)cc1. The molecule has 1 amide bonds. The summed E-state index contributed by atoms with van der Waals surface area (Å²) in [5, 5.41) is 3.15. The molecule has 0 bridgehead atoms. The molecule has 0 saturated heterocycles. The molecule has 1 N–H and O–H groups in total. The van der Waals surface area contributed by atoms with Gasteiger partial charge in [0.1, 0.15) is 0 Å². The number of aromatic nitrogens is 3. The maximum Gasteiger partial charge on any atom is 0.225 e. The molecule has 1 aromatic carbocycles. The van der Waals surface area contributed by atoms with Crippen LogP contribution in [0.5, 0.6) is 0 Å². The van der Waals surface area contributed by atoms with E-state index in [1.165, 1.54) is 5.56 Å². The third kappa shape index (κ3) is 5.95. The highest BCUT2D eigenvalue weighted by molar-refractivity contribution is 5.78. The number of carbonyl (C=O) groups is 1. The molecule has 1 saturated carbocycles. The molecular formula is C27H33N5O. The van der Waals surface area contributed by atoms with Gasteiger partial charge in [-0.3, -0.25) is 9.78 Å². The lowest BCUT2D eigenvalue weighted by atomic mass is 9.79. The molecule has 1 aliphatic carbocycles. The highest BCUT2D eigenvalue weighted by Gasteiger charge is 2.26. The topological polar surface area (TPSA) is 71.0 Å². The number of carbonyl (C=O) groups excluding carboxylic acids is 1. The first-order chi connectivity index (χ1) is 16.0. The summed E-state index contributed by atoms with van der Waals surface area (Å²) in [5.74, 6) is 1.76. The van der Waals surface area contributed by atoms with E-state index >= 15 is 0 Å². The smallest absolute Gasteiger partial charge is 0.225 e. The number of benzene rings is 1. The van der Waals surface area contributed by atoms with Gasteiger partial charge < -0.3 is 10.2 Å². The van der Waals surface area contributed by atoms with Gasteiger partial charge in [0.15, 0.2) is 0 Å². The van der Waals surface area contributed by atoms with E-state index in [1.54, 1.807) is 0 Å². The highest BCUT2D eigenvalue weighted by atomic mass is 16.1. The minimum absolute atomic E-state index is 0.104. The maximum absolute atomic E-state index is 12.4. The fourth-order valence-electron chi connectivity index (χ4n) is 4.52. The monoisotopic (exact) mass is 443 g/mol. The van der Waals surface area contributed by atoms with Crippen LogP contribution in [0.2, 0.25) is 0 Å². The molecule has 6 nitrogen and oxygen atoms in total. The Morgan fingerprint density at radius 1 is 1.03 bits per heavy atom. The second-order valence-corrected chi connectivity index (χ2v) is 9.28. The van der Waals surface area contributed by atoms with Crippen molar-refractivity contribution in [2.24, 2.45) is 5.92 Å². The third-order valence-electron chi connectivity index (χ3n) is 6.50. The number of nitrogens with zero attached hydrogens (tertiary/aromatic N) is 4. The normalized spacial score (nSPS) is 18.0. The maximum atomic E-state index is 12.4. The van der Waals surface area contributed by atoms with Gasteiger partial charge in [-0.25, -0.2) is 9.97 Å². The average molecular weight is 444 g/mol. The molecule has 3 aromatic rings. The van der Waals surface area contributed by atoms with Crippen molar-refractivity contribution >= 4 is 11.9 Å². The Kier molecular flexibility index (Phi) is 7.33. The van der Waals surface area contributed by atoms with Crippen LogP contribution in [0.15, 0.2) is 55.0 Å². The zero-order valence-corrected chi connectivity index (χ0v) is 19.8. The third-order valence-corrected chi connectivity index (χ3v) is 6.50. The van der Waals surface area contributed by atoms with E-state index in [2.05, 4.69) is 34.3 Å². The molecule has 0 atom stereocenters. The summed E-state index contributed by atoms with van der Waals surface area (Å²) in [7, 11) is 3.95. The van der Waals surface area contributed by atoms with Crippen LogP contribution >= 0.6 is 0 Å². The summed E-state index contributed by atoms with van der Waals surface area (Å²) in [4.78, 5) is 28.0. The van der Waals surface area contributed by atoms with Crippen LogP contribution in [0.25, 0.3) is 11.1 Å². The standard InChI is InChI=1S/C27H33N5O/c1-19-4-6-20(7-5-19)16-25(33)29-17-21-8-10-23(11-9-21)26-24(22-12-14-28-15-13-22)18-30-27(31-26)32(2)3/h4-7,12-15,18,21,23H,8-11,16-17H2,1-3H3,(H,29,33). The van der Waals surface area contributed by atoms with E-state index in [-0.39, 0.29) is 5.91 Å². The van der Waals surface area contributed by atoms with Crippen molar-refractivity contribution in [1.82, 2.24) is 20.3 Å². The molecule has 1 fully saturated rings. The van der Waals surface area contributed by atoms with Gasteiger partial charge in [0.05, 0.1) is 12.1 Å². The van der Waals surface area contributed by atoms with Crippen LogP contribution in [0.4, 0.5) is 5.95 Å². The van der Waals surface area contributed by atoms with Crippen LogP contribution in [-0.2, 0) is 11.2 Å². The first-order valence-electron chi connectivity index (χ1n) is 11.8. The van der Waals surface area contributed by atoms with Crippen molar-refractivity contribution in [3.8, 4) is 11.1 Å². The molecule has 2 aromatic heterocycles. The van der Waals surface area contributed by atoms with Gasteiger partial charge in [-0.1, -0.05) is 29.8 Å². The molecule has 0 radical (unpaired) electrons. The Bertz CT molecular complexity index is 1060. The lowest BCUT2D eigenvalue weighted by Crippen LogP contribution is -2.32. The van der Waals surface area contributed by atoms with Crippen molar-refractivity contribution in [2.45, 2.75) is 44.9 Å². The van der Waals surface area contributed by atoms with Gasteiger partial charge in [-0.2, -0.15) is 0 Å². The first kappa shape index (κ1) is 22.9. The van der Waals surface area contributed by atoms with Gasteiger partial charge >= 0.3 is 0 Å². The molecule has 2 heterocycles. The Labute approximate surface area is 196 Å². The quantitative estimate of drug-likeness (QED) is 0.580. The van der Waals surface area contributed by atoms with Crippen molar-refractivity contribution in [2.75, 3.05) is 25.5 Å². The predicted octanol–water partition coefficient (Wildman–Crippen LogP) is 4.55.